The Kier molecular flexibility index (Phi) is 2.87. The van der Waals surface area contributed by atoms with Crippen molar-refractivity contribution in [1.82, 2.24) is 5.43 Å². The lowest BCUT2D eigenvalue weighted by Gasteiger charge is -2.04. The van der Waals surface area contributed by atoms with Crippen molar-refractivity contribution in [3.05, 3.63) is 35.2 Å². The van der Waals surface area contributed by atoms with Gasteiger partial charge in [0, 0.05) is 24.8 Å². The van der Waals surface area contributed by atoms with Gasteiger partial charge in [-0.2, -0.15) is 0 Å². The molecule has 0 aromatic rings. The van der Waals surface area contributed by atoms with Crippen LogP contribution in [0.5, 0.6) is 0 Å². The fraction of sp³-hybridized carbons (Fsp3) is 0.222. The average Bonchev–Trinajstić information content (AvgIpc) is 2.26. The number of ketones is 1. The second-order valence-corrected chi connectivity index (χ2v) is 2.91. The molecule has 0 saturated heterocycles. The summed E-state index contributed by atoms with van der Waals surface area (Å²) in [6.07, 6.45) is 5.67. The van der Waals surface area contributed by atoms with Crippen LogP contribution in [0.25, 0.3) is 0 Å². The van der Waals surface area contributed by atoms with Crippen LogP contribution in [0.2, 0.25) is 0 Å². The zero-order valence-corrected chi connectivity index (χ0v) is 7.50. The molecule has 0 atom stereocenters. The second kappa shape index (κ2) is 3.91. The highest BCUT2D eigenvalue weighted by Crippen LogP contribution is 2.12. The number of carbonyl (C=O) groups is 1. The Labute approximate surface area is 78.4 Å². The quantitative estimate of drug-likeness (QED) is 0.424. The summed E-state index contributed by atoms with van der Waals surface area (Å²) >= 11 is 0. The monoisotopic (exact) mass is 181 g/mol. The Balaban J connectivity index is 0.00000169. The van der Waals surface area contributed by atoms with Gasteiger partial charge in [-0.05, 0) is 25.2 Å². The van der Waals surface area contributed by atoms with Gasteiger partial charge in [0.15, 0.2) is 5.78 Å². The lowest BCUT2D eigenvalue weighted by Crippen LogP contribution is -2.22. The molecule has 0 bridgehead atoms. The third kappa shape index (κ3) is 2.45. The molecule has 0 radical (unpaired) electrons. The molecule has 5 N–H and O–H groups in total. The van der Waals surface area contributed by atoms with E-state index < -0.39 is 0 Å². The van der Waals surface area contributed by atoms with Gasteiger partial charge in [0.2, 0.25) is 0 Å². The van der Waals surface area contributed by atoms with Gasteiger partial charge in [0.05, 0.1) is 0 Å². The molecule has 13 heavy (non-hydrogen) atoms. The molecule has 0 aliphatic heterocycles. The van der Waals surface area contributed by atoms with E-state index in [1.807, 2.05) is 0 Å². The SMILES string of the molecule is CC(=O)C1=CC=C(N)CC(NN)=C1.[HH]. The van der Waals surface area contributed by atoms with Crippen molar-refractivity contribution in [2.45, 2.75) is 13.3 Å². The zero-order valence-electron chi connectivity index (χ0n) is 7.50. The van der Waals surface area contributed by atoms with Gasteiger partial charge in [0.1, 0.15) is 0 Å². The molecule has 4 nitrogen and oxygen atoms in total. The van der Waals surface area contributed by atoms with E-state index in [-0.39, 0.29) is 7.21 Å². The van der Waals surface area contributed by atoms with Crippen LogP contribution in [-0.2, 0) is 4.79 Å². The normalized spacial score (nSPS) is 16.6. The van der Waals surface area contributed by atoms with Crippen LogP contribution in [0.3, 0.4) is 0 Å². The Morgan fingerprint density at radius 3 is 2.85 bits per heavy atom. The first kappa shape index (κ1) is 9.54. The number of hydrazine groups is 1. The number of nitrogens with one attached hydrogen (secondary N) is 1. The van der Waals surface area contributed by atoms with Crippen LogP contribution in [0.4, 0.5) is 0 Å². The highest BCUT2D eigenvalue weighted by atomic mass is 16.1. The topological polar surface area (TPSA) is 81.1 Å². The Morgan fingerprint density at radius 2 is 2.31 bits per heavy atom. The van der Waals surface area contributed by atoms with Crippen LogP contribution in [0.1, 0.15) is 14.8 Å². The lowest BCUT2D eigenvalue weighted by molar-refractivity contribution is -0.113. The van der Waals surface area contributed by atoms with Gasteiger partial charge in [-0.3, -0.25) is 10.6 Å². The average molecular weight is 181 g/mol. The summed E-state index contributed by atoms with van der Waals surface area (Å²) in [6.45, 7) is 1.51. The lowest BCUT2D eigenvalue weighted by atomic mass is 10.1. The van der Waals surface area contributed by atoms with Crippen LogP contribution < -0.4 is 17.0 Å². The third-order valence-electron chi connectivity index (χ3n) is 1.79. The van der Waals surface area contributed by atoms with Crippen LogP contribution >= 0.6 is 0 Å². The summed E-state index contributed by atoms with van der Waals surface area (Å²) in [6, 6.07) is 0. The minimum Gasteiger partial charge on any atom is -0.402 e. The van der Waals surface area contributed by atoms with E-state index in [2.05, 4.69) is 5.43 Å². The van der Waals surface area contributed by atoms with Gasteiger partial charge in [-0.25, -0.2) is 0 Å². The van der Waals surface area contributed by atoms with Crippen molar-refractivity contribution in [1.29, 1.82) is 0 Å². The molecule has 1 aliphatic carbocycles. The first-order valence-corrected chi connectivity index (χ1v) is 3.98. The Morgan fingerprint density at radius 1 is 1.62 bits per heavy atom. The molecule has 4 heteroatoms. The van der Waals surface area contributed by atoms with Gasteiger partial charge >= 0.3 is 0 Å². The summed E-state index contributed by atoms with van der Waals surface area (Å²) in [5.41, 5.74) is 10.2. The van der Waals surface area contributed by atoms with Crippen molar-refractivity contribution in [3.63, 3.8) is 0 Å². The number of nitrogens with two attached hydrogens (primary N) is 2. The summed E-state index contributed by atoms with van der Waals surface area (Å²) < 4.78 is 0. The van der Waals surface area contributed by atoms with E-state index in [4.69, 9.17) is 11.6 Å². The number of hydrogen-bond donors (Lipinski definition) is 3. The number of allylic oxidation sites excluding steroid dienone is 4. The van der Waals surface area contributed by atoms with E-state index in [1.165, 1.54) is 6.92 Å². The molecule has 0 saturated carbocycles. The summed E-state index contributed by atoms with van der Waals surface area (Å²) in [5, 5.41) is 0. The zero-order chi connectivity index (χ0) is 9.84. The van der Waals surface area contributed by atoms with Gasteiger partial charge in [0.25, 0.3) is 0 Å². The van der Waals surface area contributed by atoms with Crippen molar-refractivity contribution < 1.29 is 6.22 Å². The van der Waals surface area contributed by atoms with E-state index in [0.29, 0.717) is 17.7 Å². The maximum Gasteiger partial charge on any atom is 0.159 e. The third-order valence-corrected chi connectivity index (χ3v) is 1.79. The molecular formula is C9H15N3O. The summed E-state index contributed by atoms with van der Waals surface area (Å²) in [4.78, 5) is 11.1. The number of rotatable bonds is 2. The minimum absolute atomic E-state index is 0. The number of Topliss-reactive ketones (excluding diaryl/α,β-unsaturated/α-hetero) is 1. The van der Waals surface area contributed by atoms with E-state index in [9.17, 15) is 4.79 Å². The first-order chi connectivity index (χ1) is 6.13. The predicted octanol–water partition coefficient (Wildman–Crippen LogP) is 0.341. The van der Waals surface area contributed by atoms with E-state index in [1.54, 1.807) is 18.2 Å². The molecule has 1 rings (SSSR count). The van der Waals surface area contributed by atoms with E-state index in [0.717, 1.165) is 5.70 Å². The van der Waals surface area contributed by atoms with Gasteiger partial charge in [-0.15, -0.1) is 0 Å². The maximum atomic E-state index is 11.1. The molecule has 0 fully saturated rings. The fourth-order valence-corrected chi connectivity index (χ4v) is 1.07. The van der Waals surface area contributed by atoms with E-state index >= 15 is 0 Å². The summed E-state index contributed by atoms with van der Waals surface area (Å²) in [5.74, 6) is 5.26. The van der Waals surface area contributed by atoms with Gasteiger partial charge in [-0.1, -0.05) is 0 Å². The molecule has 0 unspecified atom stereocenters. The molecule has 72 valence electrons. The highest BCUT2D eigenvalue weighted by molar-refractivity contribution is 5.96. The number of hydrogen-bond acceptors (Lipinski definition) is 4. The first-order valence-electron chi connectivity index (χ1n) is 3.98. The number of carbonyl (C=O) groups excluding carboxylic acids is 1. The molecule has 0 amide bonds. The second-order valence-electron chi connectivity index (χ2n) is 2.91. The fourth-order valence-electron chi connectivity index (χ4n) is 1.07. The predicted molar refractivity (Wildman–Crippen MR) is 53.2 cm³/mol. The largest absolute Gasteiger partial charge is 0.402 e. The maximum absolute atomic E-state index is 11.1. The molecule has 0 heterocycles. The van der Waals surface area contributed by atoms with Crippen molar-refractivity contribution in [2.75, 3.05) is 0 Å². The van der Waals surface area contributed by atoms with Crippen LogP contribution in [-0.4, -0.2) is 5.78 Å². The molecule has 0 spiro atoms. The Hall–Kier alpha value is -1.55. The van der Waals surface area contributed by atoms with Crippen LogP contribution in [0.15, 0.2) is 35.2 Å². The minimum atomic E-state index is -0.00120. The smallest absolute Gasteiger partial charge is 0.159 e. The molecule has 0 aromatic heterocycles. The van der Waals surface area contributed by atoms with Crippen molar-refractivity contribution in [3.8, 4) is 0 Å². The van der Waals surface area contributed by atoms with Crippen molar-refractivity contribution >= 4 is 5.78 Å². The highest BCUT2D eigenvalue weighted by Gasteiger charge is 2.06. The molecule has 0 aromatic carbocycles. The van der Waals surface area contributed by atoms with Crippen molar-refractivity contribution in [2.24, 2.45) is 11.6 Å². The van der Waals surface area contributed by atoms with Gasteiger partial charge < -0.3 is 11.2 Å². The van der Waals surface area contributed by atoms with Crippen LogP contribution in [0, 0.1) is 0 Å². The molecule has 1 aliphatic rings. The summed E-state index contributed by atoms with van der Waals surface area (Å²) in [7, 11) is 0. The molecular weight excluding hydrogens is 166 g/mol. The Bertz CT molecular complexity index is 318. The standard InChI is InChI=1S/C9H13N3O.H2/c1-6(13)7-2-3-8(10)5-9(4-7)12-11;/h2-4,12H,5,10-11H2,1H3;1H.